The second kappa shape index (κ2) is 5.65. The van der Waals surface area contributed by atoms with Gasteiger partial charge in [-0.05, 0) is 30.4 Å². The first-order valence-corrected chi connectivity index (χ1v) is 6.83. The van der Waals surface area contributed by atoms with Crippen molar-refractivity contribution in [2.45, 2.75) is 12.8 Å². The van der Waals surface area contributed by atoms with E-state index in [1.165, 1.54) is 10.6 Å². The Morgan fingerprint density at radius 3 is 2.76 bits per heavy atom. The summed E-state index contributed by atoms with van der Waals surface area (Å²) in [5, 5.41) is 14.2. The number of carbonyl (C=O) groups excluding carboxylic acids is 1. The average molecular weight is 315 g/mol. The number of amides is 1. The minimum atomic E-state index is -0.469. The van der Waals surface area contributed by atoms with Gasteiger partial charge in [-0.15, -0.1) is 12.4 Å². The number of nitrogens with zero attached hydrogens (tertiary/aromatic N) is 3. The molecule has 2 fully saturated rings. The summed E-state index contributed by atoms with van der Waals surface area (Å²) < 4.78 is 1.36. The van der Waals surface area contributed by atoms with Gasteiger partial charge in [0.1, 0.15) is 0 Å². The van der Waals surface area contributed by atoms with Gasteiger partial charge in [-0.2, -0.15) is 0 Å². The fourth-order valence-electron chi connectivity index (χ4n) is 3.31. The Bertz CT molecular complexity index is 566. The van der Waals surface area contributed by atoms with Crippen LogP contribution in [0.3, 0.4) is 0 Å². The van der Waals surface area contributed by atoms with E-state index >= 15 is 0 Å². The molecule has 0 saturated carbocycles. The number of likely N-dealkylation sites (tertiary alicyclic amines) is 1. The summed E-state index contributed by atoms with van der Waals surface area (Å²) in [7, 11) is 1.56. The van der Waals surface area contributed by atoms with Crippen LogP contribution in [-0.4, -0.2) is 46.5 Å². The first kappa shape index (κ1) is 15.8. The summed E-state index contributed by atoms with van der Waals surface area (Å²) in [4.78, 5) is 24.7. The van der Waals surface area contributed by atoms with E-state index in [4.69, 9.17) is 0 Å². The molecule has 0 radical (unpaired) electrons. The molecule has 2 saturated heterocycles. The third kappa shape index (κ3) is 2.63. The van der Waals surface area contributed by atoms with Gasteiger partial charge in [0, 0.05) is 31.1 Å². The number of halogens is 1. The van der Waals surface area contributed by atoms with Gasteiger partial charge < -0.3 is 20.3 Å². The zero-order valence-electron chi connectivity index (χ0n) is 11.9. The lowest BCUT2D eigenvalue weighted by Gasteiger charge is -2.22. The molecule has 2 aliphatic rings. The summed E-state index contributed by atoms with van der Waals surface area (Å²) in [6, 6.07) is 2.93. The van der Waals surface area contributed by atoms with Crippen molar-refractivity contribution >= 4 is 24.1 Å². The van der Waals surface area contributed by atoms with Gasteiger partial charge in [-0.25, -0.2) is 4.57 Å². The standard InChI is InChI=1S/C13H18N4O3.ClH/c1-15-10(2-3-11(15)17(19)20)12(18)16-7-5-13(9-16)4-6-14-8-13;/h2-3,14H,4-9H2,1H3;1H. The monoisotopic (exact) mass is 314 g/mol. The van der Waals surface area contributed by atoms with Crippen molar-refractivity contribution < 1.29 is 9.72 Å². The van der Waals surface area contributed by atoms with Crippen LogP contribution in [0.15, 0.2) is 12.1 Å². The van der Waals surface area contributed by atoms with Gasteiger partial charge in [-0.1, -0.05) is 0 Å². The van der Waals surface area contributed by atoms with Gasteiger partial charge in [0.25, 0.3) is 5.91 Å². The fourth-order valence-corrected chi connectivity index (χ4v) is 3.31. The highest BCUT2D eigenvalue weighted by Crippen LogP contribution is 2.36. The minimum absolute atomic E-state index is 0. The molecule has 1 N–H and O–H groups in total. The molecule has 3 heterocycles. The summed E-state index contributed by atoms with van der Waals surface area (Å²) in [6.45, 7) is 3.46. The van der Waals surface area contributed by atoms with Crippen molar-refractivity contribution in [2.75, 3.05) is 26.2 Å². The van der Waals surface area contributed by atoms with Gasteiger partial charge in [0.05, 0.1) is 7.05 Å². The number of aromatic nitrogens is 1. The van der Waals surface area contributed by atoms with Crippen molar-refractivity contribution in [3.8, 4) is 0 Å². The quantitative estimate of drug-likeness (QED) is 0.656. The summed E-state index contributed by atoms with van der Waals surface area (Å²) in [5.41, 5.74) is 0.604. The first-order valence-electron chi connectivity index (χ1n) is 6.83. The van der Waals surface area contributed by atoms with E-state index in [0.717, 1.165) is 39.0 Å². The Kier molecular flexibility index (Phi) is 4.25. The Balaban J connectivity index is 0.00000161. The third-order valence-corrected chi connectivity index (χ3v) is 4.56. The van der Waals surface area contributed by atoms with Crippen LogP contribution in [0, 0.1) is 15.5 Å². The molecule has 1 amide bonds. The van der Waals surface area contributed by atoms with Crippen molar-refractivity contribution in [1.29, 1.82) is 0 Å². The molecule has 7 nitrogen and oxygen atoms in total. The van der Waals surface area contributed by atoms with E-state index in [9.17, 15) is 14.9 Å². The highest BCUT2D eigenvalue weighted by Gasteiger charge is 2.42. The van der Waals surface area contributed by atoms with Gasteiger partial charge in [0.2, 0.25) is 0 Å². The number of hydrogen-bond acceptors (Lipinski definition) is 4. The smallest absolute Gasteiger partial charge is 0.323 e. The highest BCUT2D eigenvalue weighted by molar-refractivity contribution is 5.93. The molecule has 21 heavy (non-hydrogen) atoms. The molecule has 1 aromatic heterocycles. The first-order chi connectivity index (χ1) is 9.52. The van der Waals surface area contributed by atoms with Crippen molar-refractivity contribution in [1.82, 2.24) is 14.8 Å². The molecule has 1 unspecified atom stereocenters. The largest absolute Gasteiger partial charge is 0.358 e. The lowest BCUT2D eigenvalue weighted by molar-refractivity contribution is -0.391. The minimum Gasteiger partial charge on any atom is -0.358 e. The maximum atomic E-state index is 12.5. The molecule has 8 heteroatoms. The molecular formula is C13H19ClN4O3. The molecule has 116 valence electrons. The molecule has 1 spiro atoms. The average Bonchev–Trinajstić information content (AvgIpc) is 3.11. The summed E-state index contributed by atoms with van der Waals surface area (Å²) in [6.07, 6.45) is 2.11. The van der Waals surface area contributed by atoms with E-state index in [-0.39, 0.29) is 29.5 Å². The Hall–Kier alpha value is -1.60. The number of nitro groups is 1. The molecule has 0 aliphatic carbocycles. The molecular weight excluding hydrogens is 296 g/mol. The number of rotatable bonds is 2. The Labute approximate surface area is 128 Å². The van der Waals surface area contributed by atoms with Gasteiger partial charge in [0.15, 0.2) is 5.69 Å². The predicted molar refractivity (Wildman–Crippen MR) is 79.8 cm³/mol. The predicted octanol–water partition coefficient (Wildman–Crippen LogP) is 1.18. The maximum absolute atomic E-state index is 12.5. The van der Waals surface area contributed by atoms with Crippen LogP contribution in [0.1, 0.15) is 23.3 Å². The molecule has 1 atom stereocenters. The van der Waals surface area contributed by atoms with Crippen molar-refractivity contribution in [3.05, 3.63) is 27.9 Å². The van der Waals surface area contributed by atoms with Crippen LogP contribution in [0.25, 0.3) is 0 Å². The zero-order valence-corrected chi connectivity index (χ0v) is 12.7. The van der Waals surface area contributed by atoms with Crippen LogP contribution < -0.4 is 5.32 Å². The zero-order chi connectivity index (χ0) is 14.3. The number of hydrogen-bond donors (Lipinski definition) is 1. The van der Waals surface area contributed by atoms with E-state index in [1.54, 1.807) is 13.1 Å². The van der Waals surface area contributed by atoms with E-state index < -0.39 is 4.92 Å². The van der Waals surface area contributed by atoms with E-state index in [2.05, 4.69) is 5.32 Å². The lowest BCUT2D eigenvalue weighted by atomic mass is 9.87. The number of carbonyl (C=O) groups is 1. The van der Waals surface area contributed by atoms with Crippen LogP contribution in [0.4, 0.5) is 5.82 Å². The maximum Gasteiger partial charge on any atom is 0.323 e. The Morgan fingerprint density at radius 2 is 2.19 bits per heavy atom. The van der Waals surface area contributed by atoms with Gasteiger partial charge in [-0.3, -0.25) is 4.79 Å². The lowest BCUT2D eigenvalue weighted by Crippen LogP contribution is -2.34. The van der Waals surface area contributed by atoms with Crippen LogP contribution >= 0.6 is 12.4 Å². The van der Waals surface area contributed by atoms with Gasteiger partial charge >= 0.3 is 5.82 Å². The second-order valence-electron chi connectivity index (χ2n) is 5.80. The fraction of sp³-hybridized carbons (Fsp3) is 0.615. The molecule has 3 rings (SSSR count). The Morgan fingerprint density at radius 1 is 1.43 bits per heavy atom. The summed E-state index contributed by atoms with van der Waals surface area (Å²) in [5.74, 6) is -0.158. The number of nitrogens with one attached hydrogen (secondary N) is 1. The molecule has 0 aromatic carbocycles. The van der Waals surface area contributed by atoms with Crippen LogP contribution in [-0.2, 0) is 7.05 Å². The molecule has 0 bridgehead atoms. The normalized spacial score (nSPS) is 24.3. The molecule has 1 aromatic rings. The van der Waals surface area contributed by atoms with Crippen molar-refractivity contribution in [2.24, 2.45) is 12.5 Å². The van der Waals surface area contributed by atoms with Crippen molar-refractivity contribution in [3.63, 3.8) is 0 Å². The van der Waals surface area contributed by atoms with E-state index in [0.29, 0.717) is 5.69 Å². The van der Waals surface area contributed by atoms with E-state index in [1.807, 2.05) is 4.90 Å². The SMILES string of the molecule is Cl.Cn1c(C(=O)N2CCC3(CCNC3)C2)ccc1[N+](=O)[O-]. The van der Waals surface area contributed by atoms with Crippen LogP contribution in [0.5, 0.6) is 0 Å². The van der Waals surface area contributed by atoms with Crippen LogP contribution in [0.2, 0.25) is 0 Å². The molecule has 2 aliphatic heterocycles. The second-order valence-corrected chi connectivity index (χ2v) is 5.80. The topological polar surface area (TPSA) is 80.4 Å². The summed E-state index contributed by atoms with van der Waals surface area (Å²) >= 11 is 0. The highest BCUT2D eigenvalue weighted by atomic mass is 35.5. The third-order valence-electron chi connectivity index (χ3n) is 4.56.